The highest BCUT2D eigenvalue weighted by atomic mass is 16.5. The Morgan fingerprint density at radius 1 is 1.42 bits per heavy atom. The van der Waals surface area contributed by atoms with Crippen molar-refractivity contribution >= 4 is 5.82 Å². The van der Waals surface area contributed by atoms with Gasteiger partial charge in [0.1, 0.15) is 5.82 Å². The molecule has 0 aliphatic rings. The molecule has 0 fully saturated rings. The van der Waals surface area contributed by atoms with Crippen LogP contribution in [0.3, 0.4) is 0 Å². The number of nitrogens with one attached hydrogen (secondary N) is 1. The molecule has 0 spiro atoms. The summed E-state index contributed by atoms with van der Waals surface area (Å²) in [5.41, 5.74) is 8.17. The molecule has 1 rings (SSSR count). The van der Waals surface area contributed by atoms with Gasteiger partial charge in [-0.25, -0.2) is 4.98 Å². The Balaban J connectivity index is 3.19. The predicted octanol–water partition coefficient (Wildman–Crippen LogP) is 2.68. The third-order valence-corrected chi connectivity index (χ3v) is 3.23. The molecule has 4 nitrogen and oxygen atoms in total. The topological polar surface area (TPSA) is 60.2 Å². The van der Waals surface area contributed by atoms with E-state index >= 15 is 0 Å². The molecular formula is C15H27N3O. The molecule has 1 aromatic rings. The SMILES string of the molecule is CCOC(C(NC)c1cc(C)cnc1N)C(C)(C)C. The Morgan fingerprint density at radius 2 is 2.05 bits per heavy atom. The van der Waals surface area contributed by atoms with Crippen molar-refractivity contribution in [3.05, 3.63) is 23.4 Å². The smallest absolute Gasteiger partial charge is 0.128 e. The summed E-state index contributed by atoms with van der Waals surface area (Å²) in [5, 5.41) is 3.33. The van der Waals surface area contributed by atoms with Crippen LogP contribution in [-0.2, 0) is 4.74 Å². The molecule has 3 N–H and O–H groups in total. The predicted molar refractivity (Wildman–Crippen MR) is 80.1 cm³/mol. The Kier molecular flexibility index (Phi) is 5.32. The summed E-state index contributed by atoms with van der Waals surface area (Å²) in [6.45, 7) is 11.3. The summed E-state index contributed by atoms with van der Waals surface area (Å²) >= 11 is 0. The average Bonchev–Trinajstić information content (AvgIpc) is 2.32. The van der Waals surface area contributed by atoms with Gasteiger partial charge in [0.2, 0.25) is 0 Å². The van der Waals surface area contributed by atoms with Crippen molar-refractivity contribution in [1.82, 2.24) is 10.3 Å². The number of hydrogen-bond donors (Lipinski definition) is 2. The molecule has 1 heterocycles. The quantitative estimate of drug-likeness (QED) is 0.859. The summed E-state index contributed by atoms with van der Waals surface area (Å²) in [7, 11) is 1.93. The zero-order valence-electron chi connectivity index (χ0n) is 12.9. The third kappa shape index (κ3) is 3.91. The highest BCUT2D eigenvalue weighted by Crippen LogP contribution is 2.34. The number of ether oxygens (including phenoxy) is 1. The van der Waals surface area contributed by atoms with Crippen molar-refractivity contribution in [2.75, 3.05) is 19.4 Å². The standard InChI is InChI=1S/C15H27N3O/c1-7-19-13(15(3,4)5)12(17-6)11-8-10(2)9-18-14(11)16/h8-9,12-13,17H,7H2,1-6H3,(H2,16,18). The third-order valence-electron chi connectivity index (χ3n) is 3.23. The van der Waals surface area contributed by atoms with Crippen LogP contribution in [0, 0.1) is 12.3 Å². The highest BCUT2D eigenvalue weighted by Gasteiger charge is 2.34. The van der Waals surface area contributed by atoms with E-state index in [0.717, 1.165) is 11.1 Å². The van der Waals surface area contributed by atoms with Crippen molar-refractivity contribution in [2.45, 2.75) is 46.8 Å². The van der Waals surface area contributed by atoms with Gasteiger partial charge in [0, 0.05) is 18.4 Å². The number of hydrogen-bond acceptors (Lipinski definition) is 4. The minimum Gasteiger partial charge on any atom is -0.383 e. The molecule has 0 amide bonds. The number of anilines is 1. The summed E-state index contributed by atoms with van der Waals surface area (Å²) < 4.78 is 5.96. The van der Waals surface area contributed by atoms with Gasteiger partial charge < -0.3 is 15.8 Å². The fourth-order valence-electron chi connectivity index (χ4n) is 2.35. The lowest BCUT2D eigenvalue weighted by molar-refractivity contribution is -0.0349. The maximum absolute atomic E-state index is 6.04. The Morgan fingerprint density at radius 3 is 2.53 bits per heavy atom. The molecular weight excluding hydrogens is 238 g/mol. The van der Waals surface area contributed by atoms with Crippen LogP contribution in [0.15, 0.2) is 12.3 Å². The molecule has 0 aromatic carbocycles. The van der Waals surface area contributed by atoms with Crippen LogP contribution in [0.5, 0.6) is 0 Å². The van der Waals surface area contributed by atoms with Crippen molar-refractivity contribution in [3.63, 3.8) is 0 Å². The number of rotatable bonds is 5. The second-order valence-electron chi connectivity index (χ2n) is 6.00. The van der Waals surface area contributed by atoms with Crippen molar-refractivity contribution in [1.29, 1.82) is 0 Å². The van der Waals surface area contributed by atoms with Crippen molar-refractivity contribution in [2.24, 2.45) is 5.41 Å². The van der Waals surface area contributed by atoms with Gasteiger partial charge in [-0.3, -0.25) is 0 Å². The van der Waals surface area contributed by atoms with E-state index in [9.17, 15) is 0 Å². The number of nitrogens with two attached hydrogens (primary N) is 1. The number of pyridine rings is 1. The number of likely N-dealkylation sites (N-methyl/N-ethyl adjacent to an activating group) is 1. The molecule has 0 radical (unpaired) electrons. The van der Waals surface area contributed by atoms with Crippen LogP contribution in [0.4, 0.5) is 5.82 Å². The summed E-state index contributed by atoms with van der Waals surface area (Å²) in [5.74, 6) is 0.568. The molecule has 0 aliphatic heterocycles. The van der Waals surface area contributed by atoms with Gasteiger partial charge in [0.05, 0.1) is 12.1 Å². The zero-order valence-corrected chi connectivity index (χ0v) is 12.9. The molecule has 1 aromatic heterocycles. The molecule has 2 atom stereocenters. The van der Waals surface area contributed by atoms with E-state index in [-0.39, 0.29) is 17.6 Å². The Hall–Kier alpha value is -1.13. The summed E-state index contributed by atoms with van der Waals surface area (Å²) in [6.07, 6.45) is 1.83. The molecule has 2 unspecified atom stereocenters. The van der Waals surface area contributed by atoms with Gasteiger partial charge in [-0.05, 0) is 37.9 Å². The van der Waals surface area contributed by atoms with E-state index in [1.807, 2.05) is 20.9 Å². The normalized spacial score (nSPS) is 15.3. The van der Waals surface area contributed by atoms with E-state index in [0.29, 0.717) is 12.4 Å². The Labute approximate surface area is 116 Å². The maximum atomic E-state index is 6.04. The largest absolute Gasteiger partial charge is 0.383 e. The fraction of sp³-hybridized carbons (Fsp3) is 0.667. The number of aryl methyl sites for hydroxylation is 1. The number of nitrogens with zero attached hydrogens (tertiary/aromatic N) is 1. The maximum Gasteiger partial charge on any atom is 0.128 e. The molecule has 0 saturated carbocycles. The molecule has 19 heavy (non-hydrogen) atoms. The lowest BCUT2D eigenvalue weighted by Gasteiger charge is -2.37. The van der Waals surface area contributed by atoms with E-state index < -0.39 is 0 Å². The van der Waals surface area contributed by atoms with E-state index in [1.54, 1.807) is 6.20 Å². The first-order valence-corrected chi connectivity index (χ1v) is 6.82. The van der Waals surface area contributed by atoms with E-state index in [2.05, 4.69) is 37.1 Å². The fourth-order valence-corrected chi connectivity index (χ4v) is 2.35. The first-order valence-electron chi connectivity index (χ1n) is 6.82. The molecule has 0 aliphatic carbocycles. The molecule has 0 saturated heterocycles. The van der Waals surface area contributed by atoms with Crippen LogP contribution in [0.25, 0.3) is 0 Å². The second-order valence-corrected chi connectivity index (χ2v) is 6.00. The van der Waals surface area contributed by atoms with Gasteiger partial charge >= 0.3 is 0 Å². The number of nitrogen functional groups attached to an aromatic ring is 1. The minimum absolute atomic E-state index is 0.0138. The second kappa shape index (κ2) is 6.35. The molecule has 4 heteroatoms. The average molecular weight is 265 g/mol. The molecule has 0 bridgehead atoms. The van der Waals surface area contributed by atoms with Gasteiger partial charge in [-0.2, -0.15) is 0 Å². The van der Waals surface area contributed by atoms with Gasteiger partial charge in [0.15, 0.2) is 0 Å². The van der Waals surface area contributed by atoms with E-state index in [4.69, 9.17) is 10.5 Å². The van der Waals surface area contributed by atoms with Crippen molar-refractivity contribution < 1.29 is 4.74 Å². The lowest BCUT2D eigenvalue weighted by atomic mass is 9.82. The zero-order chi connectivity index (χ0) is 14.6. The van der Waals surface area contributed by atoms with Crippen LogP contribution in [-0.4, -0.2) is 24.7 Å². The van der Waals surface area contributed by atoms with E-state index in [1.165, 1.54) is 0 Å². The molecule has 108 valence electrons. The van der Waals surface area contributed by atoms with Crippen LogP contribution in [0.1, 0.15) is 44.9 Å². The minimum atomic E-state index is 0.0138. The van der Waals surface area contributed by atoms with Gasteiger partial charge in [-0.15, -0.1) is 0 Å². The van der Waals surface area contributed by atoms with Crippen LogP contribution in [0.2, 0.25) is 0 Å². The first kappa shape index (κ1) is 15.9. The van der Waals surface area contributed by atoms with Crippen LogP contribution < -0.4 is 11.1 Å². The van der Waals surface area contributed by atoms with Crippen LogP contribution >= 0.6 is 0 Å². The van der Waals surface area contributed by atoms with Gasteiger partial charge in [0.25, 0.3) is 0 Å². The summed E-state index contributed by atoms with van der Waals surface area (Å²) in [6, 6.07) is 2.12. The monoisotopic (exact) mass is 265 g/mol. The number of aromatic nitrogens is 1. The van der Waals surface area contributed by atoms with Gasteiger partial charge in [-0.1, -0.05) is 20.8 Å². The highest BCUT2D eigenvalue weighted by molar-refractivity contribution is 5.43. The first-order chi connectivity index (χ1) is 8.81. The lowest BCUT2D eigenvalue weighted by Crippen LogP contribution is -2.41. The Bertz CT molecular complexity index is 412. The summed E-state index contributed by atoms with van der Waals surface area (Å²) in [4.78, 5) is 4.25. The van der Waals surface area contributed by atoms with Crippen molar-refractivity contribution in [3.8, 4) is 0 Å².